The molecular formula is C17H18FN5O3S. The topological polar surface area (TPSA) is 91.6 Å². The second-order valence-corrected chi connectivity index (χ2v) is 8.44. The summed E-state index contributed by atoms with van der Waals surface area (Å²) in [5.41, 5.74) is 1.20. The van der Waals surface area contributed by atoms with Gasteiger partial charge < -0.3 is 10.0 Å². The highest BCUT2D eigenvalue weighted by atomic mass is 32.2. The normalized spacial score (nSPS) is 16.1. The van der Waals surface area contributed by atoms with Gasteiger partial charge in [0.2, 0.25) is 10.0 Å². The Hall–Kier alpha value is -2.72. The first-order chi connectivity index (χ1) is 12.8. The van der Waals surface area contributed by atoms with Crippen LogP contribution in [-0.4, -0.2) is 65.0 Å². The number of nitrogens with zero attached hydrogens (tertiary/aromatic N) is 5. The Morgan fingerprint density at radius 1 is 1.15 bits per heavy atom. The Morgan fingerprint density at radius 3 is 2.56 bits per heavy atom. The predicted molar refractivity (Wildman–Crippen MR) is 99.1 cm³/mol. The van der Waals surface area contributed by atoms with Crippen molar-refractivity contribution in [2.75, 3.05) is 37.3 Å². The second-order valence-electron chi connectivity index (χ2n) is 6.46. The predicted octanol–water partition coefficient (Wildman–Crippen LogP) is 1.35. The third kappa shape index (κ3) is 3.45. The maximum atomic E-state index is 13.2. The van der Waals surface area contributed by atoms with Gasteiger partial charge in [-0.2, -0.15) is 9.40 Å². The van der Waals surface area contributed by atoms with Gasteiger partial charge in [-0.3, -0.25) is 0 Å². The summed E-state index contributed by atoms with van der Waals surface area (Å²) in [6.45, 7) is 1.97. The molecule has 3 aromatic rings. The standard InChI is InChI=1S/C17H18FN5O3S/c1-27(25,26)22-6-4-21(5-7-22)17-8-12-11-23(20-15(12)10-19-17)13-2-3-14(18)16(24)9-13/h2-3,8-11,24H,4-7H2,1H3. The van der Waals surface area contributed by atoms with Crippen LogP contribution >= 0.6 is 0 Å². The molecule has 1 aliphatic heterocycles. The number of phenolic OH excluding ortho intramolecular Hbond substituents is 1. The molecule has 1 aliphatic rings. The third-order valence-corrected chi connectivity index (χ3v) is 5.91. The van der Waals surface area contributed by atoms with Crippen LogP contribution in [0, 0.1) is 5.82 Å². The van der Waals surface area contributed by atoms with Gasteiger partial charge in [-0.25, -0.2) is 22.5 Å². The van der Waals surface area contributed by atoms with Crippen LogP contribution in [0.25, 0.3) is 16.6 Å². The number of benzene rings is 1. The smallest absolute Gasteiger partial charge is 0.211 e. The quantitative estimate of drug-likeness (QED) is 0.725. The van der Waals surface area contributed by atoms with Crippen LogP contribution < -0.4 is 4.90 Å². The van der Waals surface area contributed by atoms with Crippen LogP contribution in [0.3, 0.4) is 0 Å². The van der Waals surface area contributed by atoms with Gasteiger partial charge >= 0.3 is 0 Å². The number of piperazine rings is 1. The number of pyridine rings is 1. The molecule has 3 heterocycles. The number of hydrogen-bond donors (Lipinski definition) is 1. The molecule has 1 aromatic carbocycles. The largest absolute Gasteiger partial charge is 0.505 e. The first kappa shape index (κ1) is 17.7. The van der Waals surface area contributed by atoms with Gasteiger partial charge in [0.1, 0.15) is 11.3 Å². The maximum absolute atomic E-state index is 13.2. The lowest BCUT2D eigenvalue weighted by molar-refractivity contribution is 0.387. The van der Waals surface area contributed by atoms with E-state index in [1.165, 1.54) is 28.8 Å². The molecule has 2 aromatic heterocycles. The number of hydrogen-bond acceptors (Lipinski definition) is 6. The van der Waals surface area contributed by atoms with Crippen LogP contribution in [0.15, 0.2) is 36.7 Å². The summed E-state index contributed by atoms with van der Waals surface area (Å²) in [6.07, 6.45) is 4.64. The number of anilines is 1. The van der Waals surface area contributed by atoms with Crippen molar-refractivity contribution in [2.24, 2.45) is 0 Å². The van der Waals surface area contributed by atoms with Crippen molar-refractivity contribution in [3.8, 4) is 11.4 Å². The van der Waals surface area contributed by atoms with E-state index in [1.807, 2.05) is 11.0 Å². The van der Waals surface area contributed by atoms with Crippen LogP contribution in [0.2, 0.25) is 0 Å². The van der Waals surface area contributed by atoms with Crippen molar-refractivity contribution in [3.05, 3.63) is 42.5 Å². The first-order valence-corrected chi connectivity index (χ1v) is 10.2. The van der Waals surface area contributed by atoms with Gasteiger partial charge in [0, 0.05) is 43.8 Å². The Morgan fingerprint density at radius 2 is 1.89 bits per heavy atom. The molecule has 4 rings (SSSR count). The molecule has 0 unspecified atom stereocenters. The van der Waals surface area contributed by atoms with E-state index in [2.05, 4.69) is 10.1 Å². The highest BCUT2D eigenvalue weighted by Gasteiger charge is 2.24. The monoisotopic (exact) mass is 391 g/mol. The van der Waals surface area contributed by atoms with Crippen molar-refractivity contribution in [1.29, 1.82) is 0 Å². The SMILES string of the molecule is CS(=O)(=O)N1CCN(c2cc3cn(-c4ccc(F)c(O)c4)nc3cn2)CC1. The van der Waals surface area contributed by atoms with Crippen LogP contribution in [0.4, 0.5) is 10.2 Å². The van der Waals surface area contributed by atoms with Gasteiger partial charge in [-0.1, -0.05) is 0 Å². The average Bonchev–Trinajstić information content (AvgIpc) is 3.06. The molecule has 27 heavy (non-hydrogen) atoms. The van der Waals surface area contributed by atoms with Crippen molar-refractivity contribution < 1.29 is 17.9 Å². The van der Waals surface area contributed by atoms with Crippen LogP contribution in [-0.2, 0) is 10.0 Å². The van der Waals surface area contributed by atoms with E-state index in [1.54, 1.807) is 17.1 Å². The van der Waals surface area contributed by atoms with E-state index in [0.717, 1.165) is 11.2 Å². The fourth-order valence-corrected chi connectivity index (χ4v) is 3.94. The van der Waals surface area contributed by atoms with Crippen molar-refractivity contribution >= 4 is 26.7 Å². The molecule has 0 aliphatic carbocycles. The Bertz CT molecular complexity index is 1110. The number of sulfonamides is 1. The zero-order chi connectivity index (χ0) is 19.2. The van der Waals surface area contributed by atoms with E-state index in [4.69, 9.17) is 0 Å². The fourth-order valence-electron chi connectivity index (χ4n) is 3.11. The summed E-state index contributed by atoms with van der Waals surface area (Å²) < 4.78 is 39.5. The van der Waals surface area contributed by atoms with Crippen LogP contribution in [0.1, 0.15) is 0 Å². The van der Waals surface area contributed by atoms with E-state index in [0.29, 0.717) is 37.4 Å². The molecule has 0 spiro atoms. The van der Waals surface area contributed by atoms with Gasteiger partial charge in [0.05, 0.1) is 18.1 Å². The molecular weight excluding hydrogens is 373 g/mol. The highest BCUT2D eigenvalue weighted by Crippen LogP contribution is 2.24. The molecule has 1 N–H and O–H groups in total. The summed E-state index contributed by atoms with van der Waals surface area (Å²) >= 11 is 0. The molecule has 0 atom stereocenters. The molecule has 142 valence electrons. The second kappa shape index (κ2) is 6.46. The number of fused-ring (bicyclic) bond motifs is 1. The summed E-state index contributed by atoms with van der Waals surface area (Å²) in [5, 5.41) is 14.8. The molecule has 0 saturated carbocycles. The molecule has 10 heteroatoms. The third-order valence-electron chi connectivity index (χ3n) is 4.60. The lowest BCUT2D eigenvalue weighted by atomic mass is 10.3. The van der Waals surface area contributed by atoms with Gasteiger partial charge in [-0.05, 0) is 18.2 Å². The first-order valence-electron chi connectivity index (χ1n) is 8.36. The molecule has 0 radical (unpaired) electrons. The number of rotatable bonds is 3. The summed E-state index contributed by atoms with van der Waals surface area (Å²) in [5.74, 6) is -0.376. The maximum Gasteiger partial charge on any atom is 0.211 e. The highest BCUT2D eigenvalue weighted by molar-refractivity contribution is 7.88. The minimum absolute atomic E-state index is 0.423. The van der Waals surface area contributed by atoms with Crippen LogP contribution in [0.5, 0.6) is 5.75 Å². The Balaban J connectivity index is 1.59. The molecule has 8 nitrogen and oxygen atoms in total. The Kier molecular flexibility index (Phi) is 4.23. The molecule has 0 bridgehead atoms. The average molecular weight is 391 g/mol. The number of halogens is 1. The zero-order valence-corrected chi connectivity index (χ0v) is 15.4. The molecule has 0 amide bonds. The lowest BCUT2D eigenvalue weighted by Gasteiger charge is -2.33. The Labute approximate surface area is 155 Å². The van der Waals surface area contributed by atoms with E-state index in [-0.39, 0.29) is 0 Å². The summed E-state index contributed by atoms with van der Waals surface area (Å²) in [7, 11) is -3.17. The summed E-state index contributed by atoms with van der Waals surface area (Å²) in [4.78, 5) is 6.46. The molecule has 1 saturated heterocycles. The minimum atomic E-state index is -3.17. The zero-order valence-electron chi connectivity index (χ0n) is 14.6. The van der Waals surface area contributed by atoms with E-state index in [9.17, 15) is 17.9 Å². The van der Waals surface area contributed by atoms with Gasteiger partial charge in [-0.15, -0.1) is 0 Å². The fraction of sp³-hybridized carbons (Fsp3) is 0.294. The van der Waals surface area contributed by atoms with Gasteiger partial charge in [0.15, 0.2) is 11.6 Å². The van der Waals surface area contributed by atoms with E-state index < -0.39 is 21.6 Å². The van der Waals surface area contributed by atoms with Gasteiger partial charge in [0.25, 0.3) is 0 Å². The van der Waals surface area contributed by atoms with Crippen molar-refractivity contribution in [1.82, 2.24) is 19.1 Å². The summed E-state index contributed by atoms with van der Waals surface area (Å²) in [6, 6.07) is 5.90. The number of aromatic nitrogens is 3. The van der Waals surface area contributed by atoms with Crippen molar-refractivity contribution in [3.63, 3.8) is 0 Å². The van der Waals surface area contributed by atoms with E-state index >= 15 is 0 Å². The minimum Gasteiger partial charge on any atom is -0.505 e. The lowest BCUT2D eigenvalue weighted by Crippen LogP contribution is -2.48. The van der Waals surface area contributed by atoms with Crippen molar-refractivity contribution in [2.45, 2.75) is 0 Å². The number of phenols is 1. The molecule has 1 fully saturated rings. The number of aromatic hydroxyl groups is 1.